The number of hydrogen-bond donors (Lipinski definition) is 1. The van der Waals surface area contributed by atoms with Crippen molar-refractivity contribution in [2.45, 2.75) is 0 Å². The Bertz CT molecular complexity index is 515. The van der Waals surface area contributed by atoms with E-state index in [0.717, 1.165) is 9.26 Å². The van der Waals surface area contributed by atoms with Crippen molar-refractivity contribution in [3.05, 3.63) is 58.1 Å². The van der Waals surface area contributed by atoms with Crippen molar-refractivity contribution in [2.24, 2.45) is 0 Å². The number of carbonyl (C=O) groups excluding carboxylic acids is 1. The highest BCUT2D eigenvalue weighted by atomic mass is 127. The van der Waals surface area contributed by atoms with Gasteiger partial charge in [0.2, 0.25) is 5.91 Å². The normalized spacial score (nSPS) is 10.6. The summed E-state index contributed by atoms with van der Waals surface area (Å²) in [6, 6.07) is 11.2. The molecule has 17 heavy (non-hydrogen) atoms. The lowest BCUT2D eigenvalue weighted by Gasteiger charge is -2.01. The summed E-state index contributed by atoms with van der Waals surface area (Å²) in [6.07, 6.45) is 4.63. The van der Waals surface area contributed by atoms with Gasteiger partial charge in [0.1, 0.15) is 5.76 Å². The summed E-state index contributed by atoms with van der Waals surface area (Å²) in [7, 11) is 0. The Morgan fingerprint density at radius 1 is 1.24 bits per heavy atom. The molecule has 4 heteroatoms. The first kappa shape index (κ1) is 11.9. The second-order valence-corrected chi connectivity index (χ2v) is 4.59. The molecule has 1 heterocycles. The number of hydrogen-bond acceptors (Lipinski definition) is 2. The van der Waals surface area contributed by atoms with Gasteiger partial charge in [-0.15, -0.1) is 0 Å². The molecule has 1 amide bonds. The molecule has 0 saturated carbocycles. The molecule has 86 valence electrons. The highest BCUT2D eigenvalue weighted by Gasteiger charge is 1.97. The molecule has 1 N–H and O–H groups in total. The summed E-state index contributed by atoms with van der Waals surface area (Å²) < 4.78 is 6.21. The molecule has 2 aromatic rings. The van der Waals surface area contributed by atoms with Gasteiger partial charge in [0.25, 0.3) is 0 Å². The Balaban J connectivity index is 1.95. The van der Waals surface area contributed by atoms with E-state index in [2.05, 4.69) is 27.9 Å². The maximum Gasteiger partial charge on any atom is 0.248 e. The third kappa shape index (κ3) is 3.74. The zero-order chi connectivity index (χ0) is 12.1. The van der Waals surface area contributed by atoms with E-state index in [1.807, 2.05) is 24.3 Å². The first-order chi connectivity index (χ1) is 8.24. The smallest absolute Gasteiger partial charge is 0.248 e. The predicted octanol–water partition coefficient (Wildman–Crippen LogP) is 3.54. The second kappa shape index (κ2) is 5.67. The molecule has 0 fully saturated rings. The standard InChI is InChI=1S/C13H10INO2/c14-10-3-5-11(6-4-10)15-13(16)8-7-12-2-1-9-17-12/h1-9H,(H,15,16)/b8-7+. The summed E-state index contributed by atoms with van der Waals surface area (Å²) in [5.41, 5.74) is 0.777. The molecule has 0 saturated heterocycles. The van der Waals surface area contributed by atoms with Crippen molar-refractivity contribution in [2.75, 3.05) is 5.32 Å². The van der Waals surface area contributed by atoms with Crippen LogP contribution in [0.2, 0.25) is 0 Å². The lowest BCUT2D eigenvalue weighted by atomic mass is 10.3. The Morgan fingerprint density at radius 2 is 2.00 bits per heavy atom. The van der Waals surface area contributed by atoms with Gasteiger partial charge < -0.3 is 9.73 Å². The third-order valence-electron chi connectivity index (χ3n) is 2.05. The lowest BCUT2D eigenvalue weighted by molar-refractivity contribution is -0.111. The number of rotatable bonds is 3. The topological polar surface area (TPSA) is 42.2 Å². The summed E-state index contributed by atoms with van der Waals surface area (Å²) >= 11 is 2.21. The van der Waals surface area contributed by atoms with Crippen molar-refractivity contribution in [3.63, 3.8) is 0 Å². The minimum absolute atomic E-state index is 0.178. The maximum absolute atomic E-state index is 11.6. The highest BCUT2D eigenvalue weighted by molar-refractivity contribution is 14.1. The molecule has 0 aliphatic rings. The number of furan rings is 1. The zero-order valence-corrected chi connectivity index (χ0v) is 11.0. The fourth-order valence-electron chi connectivity index (χ4n) is 1.26. The number of amides is 1. The van der Waals surface area contributed by atoms with Gasteiger partial charge in [-0.3, -0.25) is 4.79 Å². The van der Waals surface area contributed by atoms with Crippen LogP contribution in [0.5, 0.6) is 0 Å². The lowest BCUT2D eigenvalue weighted by Crippen LogP contribution is -2.07. The van der Waals surface area contributed by atoms with E-state index < -0.39 is 0 Å². The molecule has 0 aliphatic carbocycles. The van der Waals surface area contributed by atoms with Gasteiger partial charge in [0.05, 0.1) is 6.26 Å². The fourth-order valence-corrected chi connectivity index (χ4v) is 1.62. The van der Waals surface area contributed by atoms with Crippen LogP contribution >= 0.6 is 22.6 Å². The summed E-state index contributed by atoms with van der Waals surface area (Å²) in [5, 5.41) is 2.76. The number of halogens is 1. The summed E-state index contributed by atoms with van der Waals surface area (Å²) in [4.78, 5) is 11.6. The Hall–Kier alpha value is -1.56. The van der Waals surface area contributed by atoms with Gasteiger partial charge in [-0.25, -0.2) is 0 Å². The monoisotopic (exact) mass is 339 g/mol. The van der Waals surface area contributed by atoms with Crippen LogP contribution in [0, 0.1) is 3.57 Å². The molecule has 0 bridgehead atoms. The summed E-state index contributed by atoms with van der Waals surface area (Å²) in [5.74, 6) is 0.477. The Morgan fingerprint density at radius 3 is 2.65 bits per heavy atom. The van der Waals surface area contributed by atoms with Crippen LogP contribution in [0.15, 0.2) is 53.2 Å². The van der Waals surface area contributed by atoms with E-state index >= 15 is 0 Å². The van der Waals surface area contributed by atoms with Gasteiger partial charge in [-0.05, 0) is 65.1 Å². The van der Waals surface area contributed by atoms with E-state index in [4.69, 9.17) is 4.42 Å². The first-order valence-corrected chi connectivity index (χ1v) is 6.10. The van der Waals surface area contributed by atoms with Gasteiger partial charge in [-0.1, -0.05) is 0 Å². The highest BCUT2D eigenvalue weighted by Crippen LogP contribution is 2.11. The quantitative estimate of drug-likeness (QED) is 0.687. The van der Waals surface area contributed by atoms with Crippen LogP contribution in [-0.2, 0) is 4.79 Å². The molecule has 3 nitrogen and oxygen atoms in total. The van der Waals surface area contributed by atoms with Crippen molar-refractivity contribution in [1.82, 2.24) is 0 Å². The predicted molar refractivity (Wildman–Crippen MR) is 75.5 cm³/mol. The molecule has 1 aromatic heterocycles. The van der Waals surface area contributed by atoms with E-state index in [-0.39, 0.29) is 5.91 Å². The molecule has 2 rings (SSSR count). The van der Waals surface area contributed by atoms with E-state index in [0.29, 0.717) is 5.76 Å². The molecule has 0 unspecified atom stereocenters. The van der Waals surface area contributed by atoms with Crippen LogP contribution in [0.3, 0.4) is 0 Å². The average Bonchev–Trinajstić information content (AvgIpc) is 2.83. The van der Waals surface area contributed by atoms with E-state index in [1.54, 1.807) is 24.5 Å². The maximum atomic E-state index is 11.6. The van der Waals surface area contributed by atoms with Gasteiger partial charge >= 0.3 is 0 Å². The summed E-state index contributed by atoms with van der Waals surface area (Å²) in [6.45, 7) is 0. The van der Waals surface area contributed by atoms with Crippen LogP contribution < -0.4 is 5.32 Å². The van der Waals surface area contributed by atoms with Crippen LogP contribution in [0.4, 0.5) is 5.69 Å². The minimum Gasteiger partial charge on any atom is -0.465 e. The number of anilines is 1. The fraction of sp³-hybridized carbons (Fsp3) is 0. The first-order valence-electron chi connectivity index (χ1n) is 5.02. The molecule has 0 aliphatic heterocycles. The molecular formula is C13H10INO2. The molecule has 0 radical (unpaired) electrons. The van der Waals surface area contributed by atoms with Gasteiger partial charge in [-0.2, -0.15) is 0 Å². The van der Waals surface area contributed by atoms with Crippen molar-refractivity contribution in [1.29, 1.82) is 0 Å². The Labute approximate surface area is 113 Å². The number of carbonyl (C=O) groups is 1. The number of nitrogens with one attached hydrogen (secondary N) is 1. The molecule has 0 spiro atoms. The average molecular weight is 339 g/mol. The van der Waals surface area contributed by atoms with Crippen LogP contribution in [0.1, 0.15) is 5.76 Å². The van der Waals surface area contributed by atoms with Crippen molar-refractivity contribution < 1.29 is 9.21 Å². The van der Waals surface area contributed by atoms with Gasteiger partial charge in [0, 0.05) is 15.3 Å². The molecular weight excluding hydrogens is 329 g/mol. The third-order valence-corrected chi connectivity index (χ3v) is 2.77. The minimum atomic E-state index is -0.178. The van der Waals surface area contributed by atoms with Crippen LogP contribution in [0.25, 0.3) is 6.08 Å². The van der Waals surface area contributed by atoms with E-state index in [9.17, 15) is 4.79 Å². The largest absolute Gasteiger partial charge is 0.465 e. The molecule has 0 atom stereocenters. The van der Waals surface area contributed by atoms with Gasteiger partial charge in [0.15, 0.2) is 0 Å². The Kier molecular flexibility index (Phi) is 3.98. The number of benzene rings is 1. The second-order valence-electron chi connectivity index (χ2n) is 3.34. The molecule has 1 aromatic carbocycles. The zero-order valence-electron chi connectivity index (χ0n) is 8.89. The SMILES string of the molecule is O=C(/C=C/c1ccco1)Nc1ccc(I)cc1. The van der Waals surface area contributed by atoms with Crippen molar-refractivity contribution in [3.8, 4) is 0 Å². The van der Waals surface area contributed by atoms with Crippen LogP contribution in [-0.4, -0.2) is 5.91 Å². The van der Waals surface area contributed by atoms with E-state index in [1.165, 1.54) is 6.08 Å². The van der Waals surface area contributed by atoms with Crippen molar-refractivity contribution >= 4 is 40.3 Å².